The minimum atomic E-state index is -0.394. The molecule has 1 aromatic rings. The molecule has 1 aromatic carbocycles. The third kappa shape index (κ3) is 7.47. The first-order chi connectivity index (χ1) is 8.87. The quantitative estimate of drug-likeness (QED) is 0.470. The van der Waals surface area contributed by atoms with Crippen LogP contribution in [0.15, 0.2) is 24.3 Å². The van der Waals surface area contributed by atoms with Crippen molar-refractivity contribution >= 4 is 11.7 Å². The molecule has 0 bridgehead atoms. The van der Waals surface area contributed by atoms with Crippen LogP contribution >= 0.6 is 0 Å². The Bertz CT molecular complexity index is 394. The minimum Gasteiger partial charge on any atom is -0.460 e. The number of ether oxygens (including phenoxy) is 1. The molecule has 19 heavy (non-hydrogen) atoms. The van der Waals surface area contributed by atoms with Crippen LogP contribution in [0.1, 0.15) is 39.2 Å². The zero-order valence-corrected chi connectivity index (χ0v) is 12.0. The molecule has 0 aromatic heterocycles. The second-order valence-corrected chi connectivity index (χ2v) is 5.61. The Hall–Kier alpha value is -1.55. The lowest BCUT2D eigenvalue weighted by molar-refractivity contribution is -0.154. The topological polar surface area (TPSA) is 64.3 Å². The van der Waals surface area contributed by atoms with Gasteiger partial charge in [-0.2, -0.15) is 0 Å². The van der Waals surface area contributed by atoms with Gasteiger partial charge in [-0.05, 0) is 51.4 Å². The lowest BCUT2D eigenvalue weighted by Gasteiger charge is -2.19. The third-order valence-electron chi connectivity index (χ3n) is 2.46. The van der Waals surface area contributed by atoms with E-state index in [1.54, 1.807) is 0 Å². The van der Waals surface area contributed by atoms with E-state index in [9.17, 15) is 4.79 Å². The summed E-state index contributed by atoms with van der Waals surface area (Å²) in [6, 6.07) is 7.77. The molecule has 0 heterocycles. The van der Waals surface area contributed by atoms with Crippen molar-refractivity contribution in [3.8, 4) is 0 Å². The SMILES string of the molecule is CC(C)(C)OC(=O)CCCNCc1ccc(N)cc1. The predicted octanol–water partition coefficient (Wildman–Crippen LogP) is 2.48. The zero-order chi connectivity index (χ0) is 14.3. The molecule has 0 spiro atoms. The first kappa shape index (κ1) is 15.5. The van der Waals surface area contributed by atoms with Gasteiger partial charge in [-0.3, -0.25) is 4.79 Å². The zero-order valence-electron chi connectivity index (χ0n) is 12.0. The highest BCUT2D eigenvalue weighted by Gasteiger charge is 2.15. The van der Waals surface area contributed by atoms with Gasteiger partial charge in [0.15, 0.2) is 0 Å². The number of rotatable bonds is 6. The van der Waals surface area contributed by atoms with E-state index >= 15 is 0 Å². The lowest BCUT2D eigenvalue weighted by atomic mass is 10.2. The molecule has 3 N–H and O–H groups in total. The predicted molar refractivity (Wildman–Crippen MR) is 77.6 cm³/mol. The van der Waals surface area contributed by atoms with Gasteiger partial charge in [-0.25, -0.2) is 0 Å². The van der Waals surface area contributed by atoms with Crippen LogP contribution in [-0.2, 0) is 16.1 Å². The van der Waals surface area contributed by atoms with Crippen LogP contribution in [0.3, 0.4) is 0 Å². The molecule has 4 nitrogen and oxygen atoms in total. The van der Waals surface area contributed by atoms with Crippen molar-refractivity contribution < 1.29 is 9.53 Å². The number of nitrogen functional groups attached to an aromatic ring is 1. The van der Waals surface area contributed by atoms with Crippen LogP contribution in [0.2, 0.25) is 0 Å². The summed E-state index contributed by atoms with van der Waals surface area (Å²) in [5.41, 5.74) is 7.18. The normalized spacial score (nSPS) is 11.3. The van der Waals surface area contributed by atoms with Crippen molar-refractivity contribution in [2.75, 3.05) is 12.3 Å². The summed E-state index contributed by atoms with van der Waals surface area (Å²) in [5, 5.41) is 3.29. The fourth-order valence-corrected chi connectivity index (χ4v) is 1.62. The number of anilines is 1. The molecule has 0 aliphatic rings. The summed E-state index contributed by atoms with van der Waals surface area (Å²) in [7, 11) is 0. The van der Waals surface area contributed by atoms with E-state index in [-0.39, 0.29) is 5.97 Å². The average molecular weight is 264 g/mol. The van der Waals surface area contributed by atoms with Gasteiger partial charge in [0.2, 0.25) is 0 Å². The van der Waals surface area contributed by atoms with Gasteiger partial charge in [-0.15, -0.1) is 0 Å². The molecule has 0 saturated heterocycles. The lowest BCUT2D eigenvalue weighted by Crippen LogP contribution is -2.24. The smallest absolute Gasteiger partial charge is 0.306 e. The fraction of sp³-hybridized carbons (Fsp3) is 0.533. The Labute approximate surface area is 115 Å². The number of nitrogens with one attached hydrogen (secondary N) is 1. The maximum absolute atomic E-state index is 11.5. The Morgan fingerprint density at radius 1 is 1.26 bits per heavy atom. The Kier molecular flexibility index (Phi) is 5.83. The van der Waals surface area contributed by atoms with Crippen molar-refractivity contribution in [2.24, 2.45) is 0 Å². The maximum Gasteiger partial charge on any atom is 0.306 e. The fourth-order valence-electron chi connectivity index (χ4n) is 1.62. The van der Waals surface area contributed by atoms with E-state index in [1.165, 1.54) is 5.56 Å². The van der Waals surface area contributed by atoms with Gasteiger partial charge in [0.1, 0.15) is 5.60 Å². The molecule has 0 saturated carbocycles. The van der Waals surface area contributed by atoms with E-state index < -0.39 is 5.60 Å². The number of benzene rings is 1. The summed E-state index contributed by atoms with van der Waals surface area (Å²) in [6.07, 6.45) is 1.23. The molecular weight excluding hydrogens is 240 g/mol. The molecule has 0 atom stereocenters. The number of carbonyl (C=O) groups is 1. The van der Waals surface area contributed by atoms with Crippen molar-refractivity contribution in [1.82, 2.24) is 5.32 Å². The van der Waals surface area contributed by atoms with Gasteiger partial charge < -0.3 is 15.8 Å². The van der Waals surface area contributed by atoms with Crippen molar-refractivity contribution in [2.45, 2.75) is 45.8 Å². The first-order valence-electron chi connectivity index (χ1n) is 6.64. The summed E-state index contributed by atoms with van der Waals surface area (Å²) in [6.45, 7) is 7.22. The number of esters is 1. The molecule has 0 radical (unpaired) electrons. The summed E-state index contributed by atoms with van der Waals surface area (Å²) in [4.78, 5) is 11.5. The molecule has 4 heteroatoms. The number of nitrogens with two attached hydrogens (primary N) is 1. The van der Waals surface area contributed by atoms with Crippen molar-refractivity contribution in [1.29, 1.82) is 0 Å². The average Bonchev–Trinajstić information content (AvgIpc) is 2.29. The summed E-state index contributed by atoms with van der Waals surface area (Å²) in [5.74, 6) is -0.137. The molecule has 0 fully saturated rings. The van der Waals surface area contributed by atoms with Gasteiger partial charge in [0.05, 0.1) is 0 Å². The van der Waals surface area contributed by atoms with E-state index in [0.29, 0.717) is 6.42 Å². The monoisotopic (exact) mass is 264 g/mol. The standard InChI is InChI=1S/C15H24N2O2/c1-15(2,3)19-14(18)5-4-10-17-11-12-6-8-13(16)9-7-12/h6-9,17H,4-5,10-11,16H2,1-3H3. The molecule has 1 rings (SSSR count). The van der Waals surface area contributed by atoms with E-state index in [1.807, 2.05) is 45.0 Å². The maximum atomic E-state index is 11.5. The van der Waals surface area contributed by atoms with E-state index in [0.717, 1.165) is 25.2 Å². The largest absolute Gasteiger partial charge is 0.460 e. The van der Waals surface area contributed by atoms with Crippen LogP contribution < -0.4 is 11.1 Å². The van der Waals surface area contributed by atoms with Gasteiger partial charge in [-0.1, -0.05) is 12.1 Å². The van der Waals surface area contributed by atoms with Crippen LogP contribution in [0.4, 0.5) is 5.69 Å². The van der Waals surface area contributed by atoms with Crippen LogP contribution in [0.5, 0.6) is 0 Å². The minimum absolute atomic E-state index is 0.137. The second kappa shape index (κ2) is 7.14. The summed E-state index contributed by atoms with van der Waals surface area (Å²) < 4.78 is 5.24. The number of hydrogen-bond acceptors (Lipinski definition) is 4. The molecule has 106 valence electrons. The van der Waals surface area contributed by atoms with Gasteiger partial charge in [0, 0.05) is 18.7 Å². The number of hydrogen-bond donors (Lipinski definition) is 2. The van der Waals surface area contributed by atoms with Crippen molar-refractivity contribution in [3.63, 3.8) is 0 Å². The van der Waals surface area contributed by atoms with Crippen LogP contribution in [-0.4, -0.2) is 18.1 Å². The third-order valence-corrected chi connectivity index (χ3v) is 2.46. The Morgan fingerprint density at radius 3 is 2.47 bits per heavy atom. The molecule has 0 aliphatic carbocycles. The second-order valence-electron chi connectivity index (χ2n) is 5.61. The van der Waals surface area contributed by atoms with Gasteiger partial charge >= 0.3 is 5.97 Å². The summed E-state index contributed by atoms with van der Waals surface area (Å²) >= 11 is 0. The highest BCUT2D eigenvalue weighted by atomic mass is 16.6. The van der Waals surface area contributed by atoms with Gasteiger partial charge in [0.25, 0.3) is 0 Å². The van der Waals surface area contributed by atoms with E-state index in [4.69, 9.17) is 10.5 Å². The highest BCUT2D eigenvalue weighted by molar-refractivity contribution is 5.69. The molecule has 0 amide bonds. The number of carbonyl (C=O) groups excluding carboxylic acids is 1. The Morgan fingerprint density at radius 2 is 1.89 bits per heavy atom. The first-order valence-corrected chi connectivity index (χ1v) is 6.64. The van der Waals surface area contributed by atoms with E-state index in [2.05, 4.69) is 5.32 Å². The van der Waals surface area contributed by atoms with Crippen molar-refractivity contribution in [3.05, 3.63) is 29.8 Å². The van der Waals surface area contributed by atoms with Crippen LogP contribution in [0.25, 0.3) is 0 Å². The molecule has 0 unspecified atom stereocenters. The highest BCUT2D eigenvalue weighted by Crippen LogP contribution is 2.09. The van der Waals surface area contributed by atoms with Crippen LogP contribution in [0, 0.1) is 0 Å². The Balaban J connectivity index is 2.11. The molecular formula is C15H24N2O2. The molecule has 0 aliphatic heterocycles.